The van der Waals surface area contributed by atoms with Crippen LogP contribution in [0.1, 0.15) is 31.4 Å². The summed E-state index contributed by atoms with van der Waals surface area (Å²) in [7, 11) is 0. The van der Waals surface area contributed by atoms with E-state index in [9.17, 15) is 14.7 Å². The number of nitrogens with one attached hydrogen (secondary N) is 1. The molecular weight excluding hydrogens is 318 g/mol. The maximum Gasteiger partial charge on any atom is 0.329 e. The zero-order valence-corrected chi connectivity index (χ0v) is 13.1. The van der Waals surface area contributed by atoms with E-state index in [0.29, 0.717) is 24.2 Å². The third-order valence-corrected chi connectivity index (χ3v) is 4.42. The van der Waals surface area contributed by atoms with Crippen molar-refractivity contribution in [2.75, 3.05) is 0 Å². The summed E-state index contributed by atoms with van der Waals surface area (Å²) in [6, 6.07) is 5.48. The largest absolute Gasteiger partial charge is 0.480 e. The number of amides is 1. The van der Waals surface area contributed by atoms with E-state index in [-0.39, 0.29) is 5.15 Å². The molecule has 1 fully saturated rings. The summed E-state index contributed by atoms with van der Waals surface area (Å²) in [4.78, 5) is 27.8. The van der Waals surface area contributed by atoms with Gasteiger partial charge in [-0.1, -0.05) is 30.5 Å². The highest BCUT2D eigenvalue weighted by atomic mass is 35.5. The van der Waals surface area contributed by atoms with Crippen LogP contribution in [-0.2, 0) is 9.59 Å². The molecule has 0 aliphatic heterocycles. The lowest BCUT2D eigenvalue weighted by atomic mass is 9.98. The second kappa shape index (κ2) is 6.04. The Bertz CT molecular complexity index is 791. The maximum atomic E-state index is 12.1. The SMILES string of the molecule is O=C(/C=C/c1c(Cl)nc2ccccn12)NC1(C(=O)O)CCCC1. The van der Waals surface area contributed by atoms with Crippen LogP contribution in [0.15, 0.2) is 30.5 Å². The highest BCUT2D eigenvalue weighted by Crippen LogP contribution is 2.30. The van der Waals surface area contributed by atoms with Gasteiger partial charge in [-0.15, -0.1) is 0 Å². The van der Waals surface area contributed by atoms with Gasteiger partial charge in [0, 0.05) is 12.3 Å². The first-order valence-electron chi connectivity index (χ1n) is 7.38. The number of carboxylic acids is 1. The zero-order chi connectivity index (χ0) is 16.4. The number of hydrogen-bond acceptors (Lipinski definition) is 3. The van der Waals surface area contributed by atoms with Gasteiger partial charge in [0.1, 0.15) is 11.2 Å². The van der Waals surface area contributed by atoms with Crippen LogP contribution in [0.25, 0.3) is 11.7 Å². The first-order chi connectivity index (χ1) is 11.0. The predicted octanol–water partition coefficient (Wildman–Crippen LogP) is 2.51. The van der Waals surface area contributed by atoms with Gasteiger partial charge in [-0.05, 0) is 31.1 Å². The Morgan fingerprint density at radius 1 is 1.35 bits per heavy atom. The number of imidazole rings is 1. The summed E-state index contributed by atoms with van der Waals surface area (Å²) in [6.45, 7) is 0. The van der Waals surface area contributed by atoms with E-state index in [0.717, 1.165) is 12.8 Å². The van der Waals surface area contributed by atoms with Crippen molar-refractivity contribution in [3.05, 3.63) is 41.3 Å². The van der Waals surface area contributed by atoms with E-state index >= 15 is 0 Å². The molecule has 1 aliphatic rings. The normalized spacial score (nSPS) is 16.9. The quantitative estimate of drug-likeness (QED) is 0.842. The minimum Gasteiger partial charge on any atom is -0.480 e. The third kappa shape index (κ3) is 2.94. The van der Waals surface area contributed by atoms with Gasteiger partial charge < -0.3 is 10.4 Å². The number of aliphatic carboxylic acids is 1. The Hall–Kier alpha value is -2.34. The monoisotopic (exact) mass is 333 g/mol. The van der Waals surface area contributed by atoms with Crippen LogP contribution in [0.3, 0.4) is 0 Å². The molecule has 0 radical (unpaired) electrons. The van der Waals surface area contributed by atoms with Gasteiger partial charge in [0.05, 0.1) is 5.69 Å². The van der Waals surface area contributed by atoms with E-state index in [1.54, 1.807) is 22.7 Å². The number of halogens is 1. The van der Waals surface area contributed by atoms with Gasteiger partial charge in [-0.2, -0.15) is 0 Å². The van der Waals surface area contributed by atoms with Crippen molar-refractivity contribution in [1.29, 1.82) is 0 Å². The second-order valence-electron chi connectivity index (χ2n) is 5.63. The van der Waals surface area contributed by atoms with E-state index in [4.69, 9.17) is 11.6 Å². The molecule has 23 heavy (non-hydrogen) atoms. The minimum atomic E-state index is -1.15. The lowest BCUT2D eigenvalue weighted by Gasteiger charge is -2.24. The Morgan fingerprint density at radius 2 is 2.09 bits per heavy atom. The maximum absolute atomic E-state index is 12.1. The molecule has 2 heterocycles. The van der Waals surface area contributed by atoms with E-state index < -0.39 is 17.4 Å². The molecule has 2 aromatic heterocycles. The van der Waals surface area contributed by atoms with E-state index in [1.807, 2.05) is 12.1 Å². The molecule has 7 heteroatoms. The Balaban J connectivity index is 1.80. The average molecular weight is 334 g/mol. The first-order valence-corrected chi connectivity index (χ1v) is 7.76. The number of carboxylic acid groups (broad SMARTS) is 1. The van der Waals surface area contributed by atoms with Crippen molar-refractivity contribution < 1.29 is 14.7 Å². The standard InChI is InChI=1S/C16H16ClN3O3/c17-14-11(20-10-4-1-5-12(20)18-14)6-7-13(21)19-16(15(22)23)8-2-3-9-16/h1,4-7,10H,2-3,8-9H2,(H,19,21)(H,22,23)/b7-6+. The molecule has 0 spiro atoms. The number of rotatable bonds is 4. The van der Waals surface area contributed by atoms with Gasteiger partial charge in [-0.25, -0.2) is 9.78 Å². The summed E-state index contributed by atoms with van der Waals surface area (Å²) in [5.74, 6) is -1.43. The summed E-state index contributed by atoms with van der Waals surface area (Å²) >= 11 is 6.09. The van der Waals surface area contributed by atoms with Crippen LogP contribution in [0.5, 0.6) is 0 Å². The van der Waals surface area contributed by atoms with Crippen LogP contribution in [0.4, 0.5) is 0 Å². The van der Waals surface area contributed by atoms with Crippen molar-refractivity contribution in [2.24, 2.45) is 0 Å². The van der Waals surface area contributed by atoms with Gasteiger partial charge in [-0.3, -0.25) is 9.20 Å². The summed E-state index contributed by atoms with van der Waals surface area (Å²) in [5, 5.41) is 12.3. The molecule has 2 N–H and O–H groups in total. The number of aromatic nitrogens is 2. The molecule has 0 saturated heterocycles. The number of fused-ring (bicyclic) bond motifs is 1. The molecule has 0 bridgehead atoms. The molecule has 120 valence electrons. The third-order valence-electron chi connectivity index (χ3n) is 4.14. The average Bonchev–Trinajstić information content (AvgIpc) is 3.10. The topological polar surface area (TPSA) is 83.7 Å². The number of nitrogens with zero attached hydrogens (tertiary/aromatic N) is 2. The summed E-state index contributed by atoms with van der Waals surface area (Å²) in [6.07, 6.45) is 7.15. The predicted molar refractivity (Wildman–Crippen MR) is 86.2 cm³/mol. The molecule has 0 atom stereocenters. The Morgan fingerprint density at radius 3 is 2.78 bits per heavy atom. The number of pyridine rings is 1. The fourth-order valence-corrected chi connectivity index (χ4v) is 3.18. The number of carbonyl (C=O) groups is 2. The molecule has 1 saturated carbocycles. The van der Waals surface area contributed by atoms with Gasteiger partial charge in [0.15, 0.2) is 5.15 Å². The van der Waals surface area contributed by atoms with Gasteiger partial charge in [0.25, 0.3) is 0 Å². The molecule has 3 rings (SSSR count). The van der Waals surface area contributed by atoms with Crippen LogP contribution in [0, 0.1) is 0 Å². The molecule has 6 nitrogen and oxygen atoms in total. The second-order valence-corrected chi connectivity index (χ2v) is 5.99. The molecule has 1 aliphatic carbocycles. The molecule has 1 amide bonds. The first kappa shape index (κ1) is 15.6. The van der Waals surface area contributed by atoms with Crippen molar-refractivity contribution in [3.8, 4) is 0 Å². The number of hydrogen-bond donors (Lipinski definition) is 2. The van der Waals surface area contributed by atoms with Crippen molar-refractivity contribution in [2.45, 2.75) is 31.2 Å². The van der Waals surface area contributed by atoms with Crippen molar-refractivity contribution >= 4 is 35.2 Å². The fraction of sp³-hybridized carbons (Fsp3) is 0.312. The molecular formula is C16H16ClN3O3. The van der Waals surface area contributed by atoms with Crippen LogP contribution < -0.4 is 5.32 Å². The summed E-state index contributed by atoms with van der Waals surface area (Å²) < 4.78 is 1.76. The Kier molecular flexibility index (Phi) is 4.09. The Labute approximate surface area is 137 Å². The number of carbonyl (C=O) groups excluding carboxylic acids is 1. The highest BCUT2D eigenvalue weighted by molar-refractivity contribution is 6.31. The molecule has 0 aromatic carbocycles. The van der Waals surface area contributed by atoms with Crippen LogP contribution in [-0.4, -0.2) is 31.9 Å². The van der Waals surface area contributed by atoms with Crippen molar-refractivity contribution in [3.63, 3.8) is 0 Å². The van der Waals surface area contributed by atoms with E-state index in [2.05, 4.69) is 10.3 Å². The van der Waals surface area contributed by atoms with Crippen LogP contribution in [0.2, 0.25) is 5.15 Å². The lowest BCUT2D eigenvalue weighted by molar-refractivity contribution is -0.146. The van der Waals surface area contributed by atoms with Gasteiger partial charge in [0.2, 0.25) is 5.91 Å². The fourth-order valence-electron chi connectivity index (χ4n) is 2.94. The zero-order valence-electron chi connectivity index (χ0n) is 12.3. The van der Waals surface area contributed by atoms with Crippen molar-refractivity contribution in [1.82, 2.24) is 14.7 Å². The minimum absolute atomic E-state index is 0.286. The smallest absolute Gasteiger partial charge is 0.329 e. The van der Waals surface area contributed by atoms with E-state index in [1.165, 1.54) is 6.08 Å². The molecule has 2 aromatic rings. The summed E-state index contributed by atoms with van der Waals surface area (Å²) in [5.41, 5.74) is 0.105. The highest BCUT2D eigenvalue weighted by Gasteiger charge is 2.42. The van der Waals surface area contributed by atoms with Crippen LogP contribution >= 0.6 is 11.6 Å². The van der Waals surface area contributed by atoms with Gasteiger partial charge >= 0.3 is 5.97 Å². The lowest BCUT2D eigenvalue weighted by Crippen LogP contribution is -2.52. The molecule has 0 unspecified atom stereocenters.